The van der Waals surface area contributed by atoms with Crippen LogP contribution in [-0.4, -0.2) is 37.5 Å². The SMILES string of the molecule is NCCOCC(O)CN. The summed E-state index contributed by atoms with van der Waals surface area (Å²) in [6, 6.07) is 0. The summed E-state index contributed by atoms with van der Waals surface area (Å²) in [5.41, 5.74) is 10.2. The highest BCUT2D eigenvalue weighted by Gasteiger charge is 1.98. The molecule has 5 N–H and O–H groups in total. The summed E-state index contributed by atoms with van der Waals surface area (Å²) in [5.74, 6) is 0. The van der Waals surface area contributed by atoms with Crippen LogP contribution in [0.5, 0.6) is 0 Å². The van der Waals surface area contributed by atoms with Gasteiger partial charge in [-0.05, 0) is 0 Å². The molecular weight excluding hydrogens is 120 g/mol. The number of aliphatic hydroxyl groups is 1. The molecule has 0 aliphatic carbocycles. The van der Waals surface area contributed by atoms with Crippen molar-refractivity contribution < 1.29 is 9.84 Å². The highest BCUT2D eigenvalue weighted by molar-refractivity contribution is 4.51. The third-order valence-corrected chi connectivity index (χ3v) is 0.845. The van der Waals surface area contributed by atoms with Gasteiger partial charge in [0.25, 0.3) is 0 Å². The summed E-state index contributed by atoms with van der Waals surface area (Å²) in [4.78, 5) is 0. The molecular formula is C5H14N2O2. The molecule has 0 saturated heterocycles. The molecule has 0 saturated carbocycles. The first-order valence-electron chi connectivity index (χ1n) is 2.97. The van der Waals surface area contributed by atoms with Crippen LogP contribution in [-0.2, 0) is 4.74 Å². The molecule has 0 aromatic heterocycles. The molecule has 1 atom stereocenters. The van der Waals surface area contributed by atoms with Gasteiger partial charge >= 0.3 is 0 Å². The van der Waals surface area contributed by atoms with E-state index < -0.39 is 6.10 Å². The van der Waals surface area contributed by atoms with Crippen molar-refractivity contribution in [1.29, 1.82) is 0 Å². The molecule has 9 heavy (non-hydrogen) atoms. The maximum Gasteiger partial charge on any atom is 0.0895 e. The number of nitrogens with two attached hydrogens (primary N) is 2. The molecule has 56 valence electrons. The Morgan fingerprint density at radius 1 is 1.44 bits per heavy atom. The molecule has 0 fully saturated rings. The van der Waals surface area contributed by atoms with Gasteiger partial charge in [0.05, 0.1) is 19.3 Å². The van der Waals surface area contributed by atoms with Gasteiger partial charge in [-0.3, -0.25) is 0 Å². The summed E-state index contributed by atoms with van der Waals surface area (Å²) >= 11 is 0. The minimum Gasteiger partial charge on any atom is -0.389 e. The van der Waals surface area contributed by atoms with Crippen molar-refractivity contribution in [3.05, 3.63) is 0 Å². The van der Waals surface area contributed by atoms with Gasteiger partial charge in [-0.15, -0.1) is 0 Å². The molecule has 0 aliphatic rings. The smallest absolute Gasteiger partial charge is 0.0895 e. The van der Waals surface area contributed by atoms with Crippen molar-refractivity contribution in [1.82, 2.24) is 0 Å². The van der Waals surface area contributed by atoms with E-state index in [2.05, 4.69) is 0 Å². The highest BCUT2D eigenvalue weighted by Crippen LogP contribution is 1.79. The summed E-state index contributed by atoms with van der Waals surface area (Å²) in [7, 11) is 0. The zero-order valence-corrected chi connectivity index (χ0v) is 5.42. The molecule has 0 spiro atoms. The topological polar surface area (TPSA) is 81.5 Å². The zero-order chi connectivity index (χ0) is 7.11. The fourth-order valence-corrected chi connectivity index (χ4v) is 0.371. The van der Waals surface area contributed by atoms with Crippen molar-refractivity contribution in [2.24, 2.45) is 11.5 Å². The predicted molar refractivity (Wildman–Crippen MR) is 34.9 cm³/mol. The van der Waals surface area contributed by atoms with E-state index in [1.54, 1.807) is 0 Å². The normalized spacial score (nSPS) is 13.7. The number of hydrogen-bond acceptors (Lipinski definition) is 4. The monoisotopic (exact) mass is 134 g/mol. The Hall–Kier alpha value is -0.160. The van der Waals surface area contributed by atoms with Gasteiger partial charge < -0.3 is 21.3 Å². The average molecular weight is 134 g/mol. The lowest BCUT2D eigenvalue weighted by Crippen LogP contribution is -2.26. The van der Waals surface area contributed by atoms with Crippen LogP contribution in [0.1, 0.15) is 0 Å². The van der Waals surface area contributed by atoms with E-state index in [4.69, 9.17) is 21.3 Å². The third kappa shape index (κ3) is 5.72. The molecule has 0 rings (SSSR count). The number of hydrogen-bond donors (Lipinski definition) is 3. The summed E-state index contributed by atoms with van der Waals surface area (Å²) in [6.07, 6.45) is -0.545. The van der Waals surface area contributed by atoms with E-state index in [1.165, 1.54) is 0 Å². The second kappa shape index (κ2) is 5.97. The number of aliphatic hydroxyl groups excluding tert-OH is 1. The molecule has 0 heterocycles. The van der Waals surface area contributed by atoms with Gasteiger partial charge in [-0.1, -0.05) is 0 Å². The van der Waals surface area contributed by atoms with Crippen LogP contribution < -0.4 is 11.5 Å². The molecule has 4 heteroatoms. The molecule has 0 aliphatic heterocycles. The first-order chi connectivity index (χ1) is 4.31. The molecule has 0 amide bonds. The lowest BCUT2D eigenvalue weighted by molar-refractivity contribution is 0.0449. The second-order valence-electron chi connectivity index (χ2n) is 1.75. The van der Waals surface area contributed by atoms with E-state index in [9.17, 15) is 0 Å². The Labute approximate surface area is 54.8 Å². The molecule has 0 bridgehead atoms. The Kier molecular flexibility index (Phi) is 5.86. The van der Waals surface area contributed by atoms with E-state index in [0.29, 0.717) is 13.2 Å². The molecule has 4 nitrogen and oxygen atoms in total. The average Bonchev–Trinajstić information content (AvgIpc) is 1.89. The maximum atomic E-state index is 8.79. The van der Waals surface area contributed by atoms with Crippen LogP contribution in [0.4, 0.5) is 0 Å². The van der Waals surface area contributed by atoms with Crippen LogP contribution in [0, 0.1) is 0 Å². The quantitative estimate of drug-likeness (QED) is 0.391. The second-order valence-corrected chi connectivity index (χ2v) is 1.75. The summed E-state index contributed by atoms with van der Waals surface area (Å²) < 4.78 is 4.88. The van der Waals surface area contributed by atoms with Crippen LogP contribution in [0.2, 0.25) is 0 Å². The van der Waals surface area contributed by atoms with Crippen LogP contribution in [0.15, 0.2) is 0 Å². The summed E-state index contributed by atoms with van der Waals surface area (Å²) in [5, 5.41) is 8.79. The molecule has 0 aromatic rings. The van der Waals surface area contributed by atoms with E-state index >= 15 is 0 Å². The Bertz CT molecular complexity index is 60.9. The van der Waals surface area contributed by atoms with Crippen molar-refractivity contribution in [3.8, 4) is 0 Å². The molecule has 1 unspecified atom stereocenters. The third-order valence-electron chi connectivity index (χ3n) is 0.845. The van der Waals surface area contributed by atoms with Crippen molar-refractivity contribution >= 4 is 0 Å². The lowest BCUT2D eigenvalue weighted by atomic mass is 10.4. The van der Waals surface area contributed by atoms with Crippen molar-refractivity contribution in [2.45, 2.75) is 6.10 Å². The fraction of sp³-hybridized carbons (Fsp3) is 1.00. The largest absolute Gasteiger partial charge is 0.389 e. The fourth-order valence-electron chi connectivity index (χ4n) is 0.371. The van der Waals surface area contributed by atoms with Crippen LogP contribution in [0.3, 0.4) is 0 Å². The predicted octanol–water partition coefficient (Wildman–Crippen LogP) is -1.72. The Balaban J connectivity index is 2.88. The van der Waals surface area contributed by atoms with Gasteiger partial charge in [0.15, 0.2) is 0 Å². The Morgan fingerprint density at radius 3 is 2.56 bits per heavy atom. The lowest BCUT2D eigenvalue weighted by Gasteiger charge is -2.06. The molecule has 0 radical (unpaired) electrons. The minimum absolute atomic E-state index is 0.241. The van der Waals surface area contributed by atoms with Gasteiger partial charge in [-0.25, -0.2) is 0 Å². The zero-order valence-electron chi connectivity index (χ0n) is 5.42. The first-order valence-corrected chi connectivity index (χ1v) is 2.97. The van der Waals surface area contributed by atoms with Gasteiger partial charge in [-0.2, -0.15) is 0 Å². The van der Waals surface area contributed by atoms with E-state index in [1.807, 2.05) is 0 Å². The summed E-state index contributed by atoms with van der Waals surface area (Å²) in [6.45, 7) is 1.49. The van der Waals surface area contributed by atoms with Crippen LogP contribution in [0.25, 0.3) is 0 Å². The number of rotatable bonds is 5. The van der Waals surface area contributed by atoms with E-state index in [0.717, 1.165) is 0 Å². The van der Waals surface area contributed by atoms with Crippen molar-refractivity contribution in [2.75, 3.05) is 26.3 Å². The minimum atomic E-state index is -0.545. The van der Waals surface area contributed by atoms with Gasteiger partial charge in [0.1, 0.15) is 0 Å². The Morgan fingerprint density at radius 2 is 2.11 bits per heavy atom. The van der Waals surface area contributed by atoms with Gasteiger partial charge in [0.2, 0.25) is 0 Å². The molecule has 0 aromatic carbocycles. The van der Waals surface area contributed by atoms with Gasteiger partial charge in [0, 0.05) is 13.1 Å². The maximum absolute atomic E-state index is 8.79. The first kappa shape index (κ1) is 8.84. The van der Waals surface area contributed by atoms with E-state index in [-0.39, 0.29) is 13.2 Å². The van der Waals surface area contributed by atoms with Crippen molar-refractivity contribution in [3.63, 3.8) is 0 Å². The number of ether oxygens (including phenoxy) is 1. The standard InChI is InChI=1S/C5H14N2O2/c6-1-2-9-4-5(8)3-7/h5,8H,1-4,6-7H2. The highest BCUT2D eigenvalue weighted by atomic mass is 16.5. The van der Waals surface area contributed by atoms with Crippen LogP contribution >= 0.6 is 0 Å².